The molecular formula is C12H24N2O. The van der Waals surface area contributed by atoms with Crippen molar-refractivity contribution in [2.45, 2.75) is 33.6 Å². The molecule has 0 saturated carbocycles. The van der Waals surface area contributed by atoms with Gasteiger partial charge < -0.3 is 11.1 Å². The minimum absolute atomic E-state index is 0.0641. The first-order chi connectivity index (χ1) is 6.90. The molecular weight excluding hydrogens is 188 g/mol. The maximum atomic E-state index is 11.7. The monoisotopic (exact) mass is 212 g/mol. The van der Waals surface area contributed by atoms with E-state index in [1.807, 2.05) is 0 Å². The number of carbonyl (C=O) groups excluding carboxylic acids is 1. The van der Waals surface area contributed by atoms with Gasteiger partial charge in [-0.1, -0.05) is 26.8 Å². The molecule has 0 fully saturated rings. The van der Waals surface area contributed by atoms with Crippen molar-refractivity contribution in [2.24, 2.45) is 17.1 Å². The Morgan fingerprint density at radius 3 is 2.53 bits per heavy atom. The summed E-state index contributed by atoms with van der Waals surface area (Å²) in [5.74, 6) is -0.0101. The molecule has 15 heavy (non-hydrogen) atoms. The maximum absolute atomic E-state index is 11.7. The van der Waals surface area contributed by atoms with Gasteiger partial charge in [0.1, 0.15) is 0 Å². The fraction of sp³-hybridized carbons (Fsp3) is 0.750. The number of hydrogen-bond donors (Lipinski definition) is 2. The average Bonchev–Trinajstić information content (AvgIpc) is 2.13. The zero-order chi connectivity index (χ0) is 11.9. The zero-order valence-electron chi connectivity index (χ0n) is 10.2. The summed E-state index contributed by atoms with van der Waals surface area (Å²) in [5, 5.41) is 2.87. The Labute approximate surface area is 93.1 Å². The molecule has 3 nitrogen and oxygen atoms in total. The van der Waals surface area contributed by atoms with Crippen molar-refractivity contribution in [2.75, 3.05) is 13.1 Å². The van der Waals surface area contributed by atoms with Crippen LogP contribution in [0.5, 0.6) is 0 Å². The summed E-state index contributed by atoms with van der Waals surface area (Å²) in [6.07, 6.45) is 3.42. The van der Waals surface area contributed by atoms with Crippen LogP contribution in [0, 0.1) is 11.3 Å². The van der Waals surface area contributed by atoms with Gasteiger partial charge in [-0.15, -0.1) is 6.58 Å². The molecule has 1 amide bonds. The largest absolute Gasteiger partial charge is 0.356 e. The quantitative estimate of drug-likeness (QED) is 0.520. The lowest BCUT2D eigenvalue weighted by Gasteiger charge is -2.24. The molecule has 0 aliphatic heterocycles. The molecule has 0 bridgehead atoms. The second-order valence-electron chi connectivity index (χ2n) is 5.07. The minimum Gasteiger partial charge on any atom is -0.356 e. The van der Waals surface area contributed by atoms with Crippen LogP contribution >= 0.6 is 0 Å². The van der Waals surface area contributed by atoms with E-state index in [4.69, 9.17) is 5.73 Å². The van der Waals surface area contributed by atoms with E-state index in [2.05, 4.69) is 32.7 Å². The molecule has 3 N–H and O–H groups in total. The van der Waals surface area contributed by atoms with Crippen LogP contribution in [0.2, 0.25) is 0 Å². The van der Waals surface area contributed by atoms with Gasteiger partial charge in [0.25, 0.3) is 0 Å². The molecule has 0 radical (unpaired) electrons. The van der Waals surface area contributed by atoms with Gasteiger partial charge in [0.2, 0.25) is 5.91 Å². The molecule has 0 aliphatic carbocycles. The topological polar surface area (TPSA) is 55.1 Å². The van der Waals surface area contributed by atoms with Crippen LogP contribution in [-0.4, -0.2) is 19.0 Å². The van der Waals surface area contributed by atoms with E-state index in [1.165, 1.54) is 0 Å². The summed E-state index contributed by atoms with van der Waals surface area (Å²) in [5.41, 5.74) is 5.74. The Hall–Kier alpha value is -0.830. The number of carbonyl (C=O) groups is 1. The molecule has 0 aromatic heterocycles. The molecule has 0 spiro atoms. The number of hydrogen-bond acceptors (Lipinski definition) is 2. The average molecular weight is 212 g/mol. The summed E-state index contributed by atoms with van der Waals surface area (Å²) < 4.78 is 0. The fourth-order valence-electron chi connectivity index (χ4n) is 1.46. The van der Waals surface area contributed by atoms with Gasteiger partial charge in [0, 0.05) is 13.1 Å². The second kappa shape index (κ2) is 6.62. The van der Waals surface area contributed by atoms with Crippen LogP contribution in [0.4, 0.5) is 0 Å². The number of rotatable bonds is 6. The van der Waals surface area contributed by atoms with Gasteiger partial charge in [0.05, 0.1) is 5.92 Å². The smallest absolute Gasteiger partial charge is 0.224 e. The van der Waals surface area contributed by atoms with Crippen molar-refractivity contribution in [1.29, 1.82) is 0 Å². The van der Waals surface area contributed by atoms with Crippen LogP contribution in [-0.2, 0) is 4.79 Å². The van der Waals surface area contributed by atoms with Crippen molar-refractivity contribution in [3.05, 3.63) is 12.7 Å². The van der Waals surface area contributed by atoms with Crippen LogP contribution < -0.4 is 11.1 Å². The van der Waals surface area contributed by atoms with E-state index in [1.54, 1.807) is 6.08 Å². The second-order valence-corrected chi connectivity index (χ2v) is 5.07. The Morgan fingerprint density at radius 2 is 2.13 bits per heavy atom. The lowest BCUT2D eigenvalue weighted by Crippen LogP contribution is -2.37. The van der Waals surface area contributed by atoms with Crippen molar-refractivity contribution in [3.63, 3.8) is 0 Å². The molecule has 1 unspecified atom stereocenters. The predicted molar refractivity (Wildman–Crippen MR) is 64.4 cm³/mol. The third-order valence-corrected chi connectivity index (χ3v) is 2.16. The number of nitrogens with two attached hydrogens (primary N) is 1. The van der Waals surface area contributed by atoms with Gasteiger partial charge in [-0.2, -0.15) is 0 Å². The van der Waals surface area contributed by atoms with E-state index in [-0.39, 0.29) is 17.2 Å². The molecule has 3 heteroatoms. The van der Waals surface area contributed by atoms with E-state index < -0.39 is 0 Å². The summed E-state index contributed by atoms with van der Waals surface area (Å²) in [6, 6.07) is 0. The first-order valence-electron chi connectivity index (χ1n) is 5.49. The molecule has 0 saturated heterocycles. The Bertz CT molecular complexity index is 206. The van der Waals surface area contributed by atoms with Crippen LogP contribution in [0.15, 0.2) is 12.7 Å². The molecule has 88 valence electrons. The standard InChI is InChI=1S/C12H24N2O/c1-5-6-7-14-11(15)10(9-13)8-12(2,3)4/h5,10H,1,6-9,13H2,2-4H3,(H,14,15). The Kier molecular flexibility index (Phi) is 6.25. The zero-order valence-corrected chi connectivity index (χ0v) is 10.2. The summed E-state index contributed by atoms with van der Waals surface area (Å²) in [4.78, 5) is 11.7. The van der Waals surface area contributed by atoms with Crippen LogP contribution in [0.25, 0.3) is 0 Å². The van der Waals surface area contributed by atoms with Crippen LogP contribution in [0.1, 0.15) is 33.6 Å². The van der Waals surface area contributed by atoms with E-state index in [9.17, 15) is 4.79 Å². The summed E-state index contributed by atoms with van der Waals surface area (Å²) in [7, 11) is 0. The number of nitrogens with one attached hydrogen (secondary N) is 1. The fourth-order valence-corrected chi connectivity index (χ4v) is 1.46. The molecule has 0 heterocycles. The predicted octanol–water partition coefficient (Wildman–Crippen LogP) is 1.69. The van der Waals surface area contributed by atoms with E-state index in [0.29, 0.717) is 13.1 Å². The first kappa shape index (κ1) is 14.2. The highest BCUT2D eigenvalue weighted by Gasteiger charge is 2.23. The van der Waals surface area contributed by atoms with E-state index in [0.717, 1.165) is 12.8 Å². The van der Waals surface area contributed by atoms with Gasteiger partial charge in [-0.3, -0.25) is 4.79 Å². The number of amides is 1. The Balaban J connectivity index is 4.05. The van der Waals surface area contributed by atoms with Gasteiger partial charge in [0.15, 0.2) is 0 Å². The SMILES string of the molecule is C=CCCNC(=O)C(CN)CC(C)(C)C. The molecule has 1 atom stereocenters. The maximum Gasteiger partial charge on any atom is 0.224 e. The highest BCUT2D eigenvalue weighted by atomic mass is 16.1. The lowest BCUT2D eigenvalue weighted by molar-refractivity contribution is -0.125. The van der Waals surface area contributed by atoms with Gasteiger partial charge in [-0.25, -0.2) is 0 Å². The summed E-state index contributed by atoms with van der Waals surface area (Å²) >= 11 is 0. The summed E-state index contributed by atoms with van der Waals surface area (Å²) in [6.45, 7) is 11.0. The third-order valence-electron chi connectivity index (χ3n) is 2.16. The van der Waals surface area contributed by atoms with Crippen molar-refractivity contribution in [1.82, 2.24) is 5.32 Å². The van der Waals surface area contributed by atoms with Crippen LogP contribution in [0.3, 0.4) is 0 Å². The molecule has 0 aromatic rings. The van der Waals surface area contributed by atoms with Crippen molar-refractivity contribution in [3.8, 4) is 0 Å². The minimum atomic E-state index is -0.0742. The molecule has 0 aromatic carbocycles. The highest BCUT2D eigenvalue weighted by molar-refractivity contribution is 5.78. The van der Waals surface area contributed by atoms with Crippen molar-refractivity contribution >= 4 is 5.91 Å². The first-order valence-corrected chi connectivity index (χ1v) is 5.49. The van der Waals surface area contributed by atoms with Gasteiger partial charge >= 0.3 is 0 Å². The van der Waals surface area contributed by atoms with E-state index >= 15 is 0 Å². The van der Waals surface area contributed by atoms with Gasteiger partial charge in [-0.05, 0) is 18.3 Å². The normalized spacial score (nSPS) is 13.3. The van der Waals surface area contributed by atoms with Crippen molar-refractivity contribution < 1.29 is 4.79 Å². The lowest BCUT2D eigenvalue weighted by atomic mass is 9.84. The Morgan fingerprint density at radius 1 is 1.53 bits per heavy atom. The third kappa shape index (κ3) is 7.14. The highest BCUT2D eigenvalue weighted by Crippen LogP contribution is 2.23. The molecule has 0 rings (SSSR count). The molecule has 0 aliphatic rings.